The minimum Gasteiger partial charge on any atom is -0.478 e. The average Bonchev–Trinajstić information content (AvgIpc) is 2.69. The molecule has 2 aromatic heterocycles. The van der Waals surface area contributed by atoms with Crippen LogP contribution < -0.4 is 21.9 Å². The quantitative estimate of drug-likeness (QED) is 0.410. The van der Waals surface area contributed by atoms with Gasteiger partial charge in [-0.2, -0.15) is 0 Å². The monoisotopic (exact) mass is 365 g/mol. The third kappa shape index (κ3) is 4.25. The van der Waals surface area contributed by atoms with E-state index in [1.54, 1.807) is 24.3 Å². The van der Waals surface area contributed by atoms with Crippen LogP contribution in [0.15, 0.2) is 55.1 Å². The fourth-order valence-electron chi connectivity index (χ4n) is 2.12. The van der Waals surface area contributed by atoms with E-state index in [0.717, 1.165) is 0 Å². The smallest absolute Gasteiger partial charge is 0.335 e. The Hall–Kier alpha value is -4.21. The van der Waals surface area contributed by atoms with Crippen molar-refractivity contribution in [3.05, 3.63) is 66.2 Å². The van der Waals surface area contributed by atoms with Gasteiger partial charge in [-0.1, -0.05) is 0 Å². The Morgan fingerprint density at radius 2 is 1.59 bits per heavy atom. The minimum absolute atomic E-state index is 0.164. The van der Waals surface area contributed by atoms with Crippen molar-refractivity contribution < 1.29 is 14.7 Å². The van der Waals surface area contributed by atoms with Gasteiger partial charge in [0, 0.05) is 23.6 Å². The number of hydrogen-bond donors (Lipinski definition) is 5. The van der Waals surface area contributed by atoms with E-state index in [-0.39, 0.29) is 23.0 Å². The molecule has 0 aliphatic carbocycles. The number of carboxylic acids is 1. The van der Waals surface area contributed by atoms with E-state index in [1.165, 1.54) is 30.9 Å². The maximum absolute atomic E-state index is 12.0. The molecule has 1 amide bonds. The zero-order valence-electron chi connectivity index (χ0n) is 13.9. The lowest BCUT2D eigenvalue weighted by molar-refractivity contribution is 0.0696. The summed E-state index contributed by atoms with van der Waals surface area (Å²) in [6.07, 6.45) is 4.28. The number of nitrogens with zero attached hydrogens (tertiary/aromatic N) is 3. The molecule has 1 aromatic carbocycles. The van der Waals surface area contributed by atoms with Gasteiger partial charge in [0.25, 0.3) is 5.91 Å². The van der Waals surface area contributed by atoms with E-state index in [2.05, 4.69) is 31.1 Å². The van der Waals surface area contributed by atoms with Gasteiger partial charge in [0.15, 0.2) is 11.6 Å². The van der Waals surface area contributed by atoms with E-state index < -0.39 is 5.97 Å². The van der Waals surface area contributed by atoms with E-state index in [9.17, 15) is 9.59 Å². The second-order valence-corrected chi connectivity index (χ2v) is 5.31. The van der Waals surface area contributed by atoms with Crippen LogP contribution in [0.4, 0.5) is 23.0 Å². The Balaban J connectivity index is 1.70. The van der Waals surface area contributed by atoms with Gasteiger partial charge < -0.3 is 16.2 Å². The van der Waals surface area contributed by atoms with Crippen LogP contribution in [0.25, 0.3) is 0 Å². The molecule has 10 heteroatoms. The summed E-state index contributed by atoms with van der Waals surface area (Å²) < 4.78 is 0. The van der Waals surface area contributed by atoms with E-state index in [4.69, 9.17) is 10.8 Å². The number of hydrazine groups is 1. The van der Waals surface area contributed by atoms with Crippen molar-refractivity contribution >= 4 is 34.9 Å². The largest absolute Gasteiger partial charge is 0.478 e. The van der Waals surface area contributed by atoms with Crippen molar-refractivity contribution in [2.24, 2.45) is 0 Å². The summed E-state index contributed by atoms with van der Waals surface area (Å²) in [4.78, 5) is 34.8. The second-order valence-electron chi connectivity index (χ2n) is 5.31. The van der Waals surface area contributed by atoms with Crippen LogP contribution >= 0.6 is 0 Å². The van der Waals surface area contributed by atoms with E-state index in [0.29, 0.717) is 17.1 Å². The number of carboxylic acid groups (broad SMARTS) is 1. The molecule has 0 aliphatic heterocycles. The van der Waals surface area contributed by atoms with Gasteiger partial charge in [0.2, 0.25) is 0 Å². The van der Waals surface area contributed by atoms with Crippen LogP contribution in [-0.2, 0) is 0 Å². The lowest BCUT2D eigenvalue weighted by atomic mass is 10.2. The van der Waals surface area contributed by atoms with Gasteiger partial charge in [0.05, 0.1) is 5.56 Å². The molecule has 3 rings (SSSR count). The lowest BCUT2D eigenvalue weighted by Gasteiger charge is -2.13. The number of nitrogens with two attached hydrogens (primary N) is 1. The fraction of sp³-hybridized carbons (Fsp3) is 0. The van der Waals surface area contributed by atoms with Crippen LogP contribution in [0.2, 0.25) is 0 Å². The van der Waals surface area contributed by atoms with Crippen molar-refractivity contribution in [1.82, 2.24) is 20.4 Å². The van der Waals surface area contributed by atoms with Crippen LogP contribution in [0.5, 0.6) is 0 Å². The molecular formula is C17H15N7O3. The third-order valence-corrected chi connectivity index (χ3v) is 3.52. The van der Waals surface area contributed by atoms with Gasteiger partial charge in [-0.25, -0.2) is 14.8 Å². The predicted octanol–water partition coefficient (Wildman–Crippen LogP) is 1.65. The summed E-state index contributed by atoms with van der Waals surface area (Å²) in [6, 6.07) is 9.21. The van der Waals surface area contributed by atoms with Crippen molar-refractivity contribution in [2.75, 3.05) is 16.5 Å². The molecule has 0 unspecified atom stereocenters. The van der Waals surface area contributed by atoms with Crippen molar-refractivity contribution in [3.63, 3.8) is 0 Å². The number of nitrogen functional groups attached to an aromatic ring is 1. The number of hydrogen-bond acceptors (Lipinski definition) is 8. The molecule has 0 atom stereocenters. The van der Waals surface area contributed by atoms with Crippen molar-refractivity contribution in [1.29, 1.82) is 0 Å². The SMILES string of the molecule is Nc1c(NNC(=O)c2ccncc2)ncnc1Nc1ccc(C(=O)O)cc1. The maximum atomic E-state index is 12.0. The first-order chi connectivity index (χ1) is 13.0. The first-order valence-electron chi connectivity index (χ1n) is 7.72. The highest BCUT2D eigenvalue weighted by molar-refractivity contribution is 5.95. The highest BCUT2D eigenvalue weighted by Gasteiger charge is 2.11. The number of nitrogens with one attached hydrogen (secondary N) is 3. The van der Waals surface area contributed by atoms with Crippen LogP contribution in [0.3, 0.4) is 0 Å². The summed E-state index contributed by atoms with van der Waals surface area (Å²) in [7, 11) is 0. The van der Waals surface area contributed by atoms with Gasteiger partial charge in [-0.3, -0.25) is 20.6 Å². The third-order valence-electron chi connectivity index (χ3n) is 3.52. The molecule has 0 radical (unpaired) electrons. The lowest BCUT2D eigenvalue weighted by Crippen LogP contribution is -2.30. The Labute approximate surface area is 153 Å². The highest BCUT2D eigenvalue weighted by atomic mass is 16.4. The van der Waals surface area contributed by atoms with Crippen molar-refractivity contribution in [2.45, 2.75) is 0 Å². The number of carbonyl (C=O) groups is 2. The van der Waals surface area contributed by atoms with E-state index in [1.807, 2.05) is 0 Å². The molecular weight excluding hydrogens is 350 g/mol. The molecule has 0 saturated carbocycles. The molecule has 2 heterocycles. The zero-order chi connectivity index (χ0) is 19.2. The Kier molecular flexibility index (Phi) is 5.07. The number of amides is 1. The topological polar surface area (TPSA) is 155 Å². The number of rotatable bonds is 6. The van der Waals surface area contributed by atoms with Crippen LogP contribution in [-0.4, -0.2) is 31.9 Å². The summed E-state index contributed by atoms with van der Waals surface area (Å²) in [5, 5.41) is 11.9. The normalized spacial score (nSPS) is 10.1. The molecule has 0 aliphatic rings. The number of aromatic nitrogens is 3. The minimum atomic E-state index is -1.01. The number of pyridine rings is 1. The molecule has 3 aromatic rings. The van der Waals surface area contributed by atoms with Crippen LogP contribution in [0.1, 0.15) is 20.7 Å². The van der Waals surface area contributed by atoms with Crippen molar-refractivity contribution in [3.8, 4) is 0 Å². The molecule has 0 saturated heterocycles. The molecule has 136 valence electrons. The predicted molar refractivity (Wildman–Crippen MR) is 98.5 cm³/mol. The van der Waals surface area contributed by atoms with Crippen LogP contribution in [0, 0.1) is 0 Å². The molecule has 0 fully saturated rings. The molecule has 0 bridgehead atoms. The summed E-state index contributed by atoms with van der Waals surface area (Å²) >= 11 is 0. The molecule has 6 N–H and O–H groups in total. The summed E-state index contributed by atoms with van der Waals surface area (Å²) in [6.45, 7) is 0. The number of anilines is 4. The Morgan fingerprint density at radius 3 is 2.26 bits per heavy atom. The van der Waals surface area contributed by atoms with Gasteiger partial charge >= 0.3 is 5.97 Å². The number of benzene rings is 1. The van der Waals surface area contributed by atoms with Gasteiger partial charge in [-0.15, -0.1) is 0 Å². The van der Waals surface area contributed by atoms with Gasteiger partial charge in [0.1, 0.15) is 12.0 Å². The maximum Gasteiger partial charge on any atom is 0.335 e. The summed E-state index contributed by atoms with van der Waals surface area (Å²) in [5.41, 5.74) is 12.5. The Morgan fingerprint density at radius 1 is 0.926 bits per heavy atom. The highest BCUT2D eigenvalue weighted by Crippen LogP contribution is 2.25. The number of carbonyl (C=O) groups excluding carboxylic acids is 1. The first-order valence-corrected chi connectivity index (χ1v) is 7.72. The standard InChI is InChI=1S/C17H15N7O3/c18-13-14(22-12-3-1-11(2-4-12)17(26)27)20-9-21-15(13)23-24-16(25)10-5-7-19-8-6-10/h1-9H,18H2,(H,24,25)(H,26,27)(H2,20,21,22,23). The summed E-state index contributed by atoms with van der Waals surface area (Å²) in [5.74, 6) is -0.889. The average molecular weight is 365 g/mol. The fourth-order valence-corrected chi connectivity index (χ4v) is 2.12. The second kappa shape index (κ2) is 7.78. The van der Waals surface area contributed by atoms with E-state index >= 15 is 0 Å². The first kappa shape index (κ1) is 17.6. The zero-order valence-corrected chi connectivity index (χ0v) is 13.9. The van der Waals surface area contributed by atoms with Gasteiger partial charge in [-0.05, 0) is 36.4 Å². The molecule has 27 heavy (non-hydrogen) atoms. The molecule has 0 spiro atoms. The number of aromatic carboxylic acids is 1. The molecule has 10 nitrogen and oxygen atoms in total. The Bertz CT molecular complexity index is 962.